The van der Waals surface area contributed by atoms with Crippen LogP contribution in [0.25, 0.3) is 5.57 Å². The lowest BCUT2D eigenvalue weighted by Crippen LogP contribution is -2.50. The summed E-state index contributed by atoms with van der Waals surface area (Å²) in [5.74, 6) is -0.391. The van der Waals surface area contributed by atoms with Crippen LogP contribution in [0.15, 0.2) is 41.8 Å². The molecule has 1 aliphatic heterocycles. The van der Waals surface area contributed by atoms with Gasteiger partial charge in [-0.3, -0.25) is 10.1 Å². The summed E-state index contributed by atoms with van der Waals surface area (Å²) in [5.41, 5.74) is 1.98. The number of allylic oxidation sites excluding steroid dienone is 4. The number of benzene rings is 1. The predicted octanol–water partition coefficient (Wildman–Crippen LogP) is 6.14. The summed E-state index contributed by atoms with van der Waals surface area (Å²) in [6.07, 6.45) is 5.93. The summed E-state index contributed by atoms with van der Waals surface area (Å²) >= 11 is 1.37. The second-order valence-corrected chi connectivity index (χ2v) is 12.5. The third kappa shape index (κ3) is 7.84. The van der Waals surface area contributed by atoms with Gasteiger partial charge in [-0.1, -0.05) is 24.3 Å². The Hall–Kier alpha value is -3.86. The number of carbonyl (C=O) groups is 3. The Morgan fingerprint density at radius 1 is 0.925 bits per heavy atom. The molecule has 2 heterocycles. The van der Waals surface area contributed by atoms with Gasteiger partial charge in [0, 0.05) is 31.6 Å². The first-order chi connectivity index (χ1) is 18.8. The van der Waals surface area contributed by atoms with Gasteiger partial charge in [-0.2, -0.15) is 0 Å². The van der Waals surface area contributed by atoms with Crippen molar-refractivity contribution in [2.75, 3.05) is 41.7 Å². The number of nitrogens with one attached hydrogen (secondary N) is 2. The van der Waals surface area contributed by atoms with Crippen LogP contribution in [0.5, 0.6) is 0 Å². The van der Waals surface area contributed by atoms with E-state index in [1.54, 1.807) is 37.1 Å². The molecule has 214 valence electrons. The van der Waals surface area contributed by atoms with Crippen LogP contribution in [0.4, 0.5) is 26.1 Å². The molecule has 3 amide bonds. The van der Waals surface area contributed by atoms with Gasteiger partial charge in [-0.15, -0.1) is 11.3 Å². The van der Waals surface area contributed by atoms with Gasteiger partial charge >= 0.3 is 12.2 Å². The summed E-state index contributed by atoms with van der Waals surface area (Å²) in [5, 5.41) is 8.08. The number of nitrogens with zero attached hydrogens (tertiary/aromatic N) is 3. The smallest absolute Gasteiger partial charge is 0.412 e. The number of thiazole rings is 1. The van der Waals surface area contributed by atoms with Gasteiger partial charge in [0.2, 0.25) is 0 Å². The SMILES string of the molecule is CC(C)(C)OC(=O)Nc1ccc(C2=CC=CC2)cc1NC(=O)c1csc(N2CCN(C(=O)OC(C)(C)C)CC2)n1. The molecule has 2 N–H and O–H groups in total. The molecule has 1 aromatic heterocycles. The van der Waals surface area contributed by atoms with Gasteiger partial charge in [0.15, 0.2) is 5.13 Å². The van der Waals surface area contributed by atoms with E-state index >= 15 is 0 Å². The number of rotatable bonds is 5. The number of amides is 3. The van der Waals surface area contributed by atoms with Gasteiger partial charge in [0.25, 0.3) is 5.91 Å². The molecule has 0 saturated carbocycles. The van der Waals surface area contributed by atoms with Crippen molar-refractivity contribution in [3.8, 4) is 0 Å². The van der Waals surface area contributed by atoms with Crippen LogP contribution in [-0.2, 0) is 9.47 Å². The summed E-state index contributed by atoms with van der Waals surface area (Å²) in [4.78, 5) is 46.4. The maximum Gasteiger partial charge on any atom is 0.412 e. The number of carbonyl (C=O) groups excluding carboxylic acids is 3. The molecule has 0 spiro atoms. The van der Waals surface area contributed by atoms with E-state index < -0.39 is 23.2 Å². The fourth-order valence-electron chi connectivity index (χ4n) is 4.14. The van der Waals surface area contributed by atoms with E-state index in [4.69, 9.17) is 9.47 Å². The fraction of sp³-hybridized carbons (Fsp3) is 0.448. The third-order valence-corrected chi connectivity index (χ3v) is 6.87. The zero-order valence-corrected chi connectivity index (χ0v) is 24.7. The van der Waals surface area contributed by atoms with E-state index in [-0.39, 0.29) is 11.8 Å². The van der Waals surface area contributed by atoms with Crippen molar-refractivity contribution < 1.29 is 23.9 Å². The van der Waals surface area contributed by atoms with E-state index in [1.165, 1.54) is 11.3 Å². The molecule has 1 saturated heterocycles. The van der Waals surface area contributed by atoms with Gasteiger partial charge in [0.1, 0.15) is 16.9 Å². The van der Waals surface area contributed by atoms with Crippen molar-refractivity contribution in [3.63, 3.8) is 0 Å². The standard InChI is InChI=1S/C29H37N5O5S/c1-28(2,3)38-26(36)32-21-12-11-20(19-9-7-8-10-19)17-22(21)30-24(35)23-18-40-25(31-23)33-13-15-34(16-14-33)27(37)39-29(4,5)6/h7-9,11-12,17-18H,10,13-16H2,1-6H3,(H,30,35)(H,32,36). The molecule has 1 aliphatic carbocycles. The van der Waals surface area contributed by atoms with E-state index in [0.717, 1.165) is 17.6 Å². The van der Waals surface area contributed by atoms with Crippen LogP contribution in [0.1, 0.15) is 64.0 Å². The molecule has 2 aromatic rings. The third-order valence-electron chi connectivity index (χ3n) is 5.97. The zero-order chi connectivity index (χ0) is 29.1. The molecule has 1 fully saturated rings. The summed E-state index contributed by atoms with van der Waals surface area (Å²) in [7, 11) is 0. The molecule has 1 aromatic carbocycles. The maximum atomic E-state index is 13.3. The lowest BCUT2D eigenvalue weighted by Gasteiger charge is -2.35. The highest BCUT2D eigenvalue weighted by Gasteiger charge is 2.27. The lowest BCUT2D eigenvalue weighted by molar-refractivity contribution is 0.0240. The molecular formula is C29H37N5O5S. The topological polar surface area (TPSA) is 113 Å². The first kappa shape index (κ1) is 29.1. The molecule has 0 radical (unpaired) electrons. The molecule has 10 nitrogen and oxygen atoms in total. The highest BCUT2D eigenvalue weighted by Crippen LogP contribution is 2.31. The number of anilines is 3. The molecule has 0 unspecified atom stereocenters. The van der Waals surface area contributed by atoms with Crippen LogP contribution >= 0.6 is 11.3 Å². The molecular weight excluding hydrogens is 530 g/mol. The first-order valence-corrected chi connectivity index (χ1v) is 14.2. The summed E-state index contributed by atoms with van der Waals surface area (Å²) < 4.78 is 10.9. The van der Waals surface area contributed by atoms with Crippen LogP contribution < -0.4 is 15.5 Å². The monoisotopic (exact) mass is 567 g/mol. The van der Waals surface area contributed by atoms with Gasteiger partial charge in [-0.05, 0) is 71.2 Å². The van der Waals surface area contributed by atoms with Crippen LogP contribution in [0.2, 0.25) is 0 Å². The van der Waals surface area contributed by atoms with E-state index in [0.29, 0.717) is 42.7 Å². The molecule has 11 heteroatoms. The van der Waals surface area contributed by atoms with Crippen molar-refractivity contribution in [1.82, 2.24) is 9.88 Å². The lowest BCUT2D eigenvalue weighted by atomic mass is 10.0. The average Bonchev–Trinajstić information content (AvgIpc) is 3.56. The Bertz CT molecular complexity index is 1330. The van der Waals surface area contributed by atoms with E-state index in [1.807, 2.05) is 45.1 Å². The fourth-order valence-corrected chi connectivity index (χ4v) is 5.00. The predicted molar refractivity (Wildman–Crippen MR) is 158 cm³/mol. The minimum absolute atomic E-state index is 0.268. The minimum atomic E-state index is -0.664. The Kier molecular flexibility index (Phi) is 8.53. The Morgan fingerprint density at radius 3 is 2.25 bits per heavy atom. The number of piperazine rings is 1. The van der Waals surface area contributed by atoms with Crippen LogP contribution in [0.3, 0.4) is 0 Å². The van der Waals surface area contributed by atoms with Crippen molar-refractivity contribution >= 4 is 51.5 Å². The van der Waals surface area contributed by atoms with Gasteiger partial charge < -0.3 is 24.6 Å². The Morgan fingerprint density at radius 2 is 1.62 bits per heavy atom. The van der Waals surface area contributed by atoms with Crippen LogP contribution in [0, 0.1) is 0 Å². The van der Waals surface area contributed by atoms with Crippen molar-refractivity contribution in [1.29, 1.82) is 0 Å². The maximum absolute atomic E-state index is 13.3. The minimum Gasteiger partial charge on any atom is -0.444 e. The normalized spacial score (nSPS) is 15.5. The highest BCUT2D eigenvalue weighted by atomic mass is 32.1. The van der Waals surface area contributed by atoms with Gasteiger partial charge in [0.05, 0.1) is 11.4 Å². The Balaban J connectivity index is 1.44. The van der Waals surface area contributed by atoms with E-state index in [9.17, 15) is 14.4 Å². The average molecular weight is 568 g/mol. The number of ether oxygens (including phenoxy) is 2. The second-order valence-electron chi connectivity index (χ2n) is 11.6. The number of hydrogen-bond acceptors (Lipinski definition) is 8. The largest absolute Gasteiger partial charge is 0.444 e. The Labute approximate surface area is 239 Å². The molecule has 40 heavy (non-hydrogen) atoms. The number of aromatic nitrogens is 1. The van der Waals surface area contributed by atoms with Crippen molar-refractivity contribution in [3.05, 3.63) is 53.1 Å². The molecule has 0 atom stereocenters. The molecule has 0 bridgehead atoms. The van der Waals surface area contributed by atoms with Gasteiger partial charge in [-0.25, -0.2) is 14.6 Å². The van der Waals surface area contributed by atoms with Crippen molar-refractivity contribution in [2.24, 2.45) is 0 Å². The summed E-state index contributed by atoms with van der Waals surface area (Å²) in [6.45, 7) is 13.1. The zero-order valence-electron chi connectivity index (χ0n) is 23.9. The van der Waals surface area contributed by atoms with E-state index in [2.05, 4.69) is 26.6 Å². The molecule has 2 aliphatic rings. The summed E-state index contributed by atoms with van der Waals surface area (Å²) in [6, 6.07) is 5.50. The molecule has 4 rings (SSSR count). The first-order valence-electron chi connectivity index (χ1n) is 13.3. The quantitative estimate of drug-likeness (QED) is 0.446. The highest BCUT2D eigenvalue weighted by molar-refractivity contribution is 7.14. The number of hydrogen-bond donors (Lipinski definition) is 2. The van der Waals surface area contributed by atoms with Crippen molar-refractivity contribution in [2.45, 2.75) is 59.2 Å². The van der Waals surface area contributed by atoms with Crippen LogP contribution in [-0.4, -0.2) is 65.4 Å². The second kappa shape index (κ2) is 11.7.